The summed E-state index contributed by atoms with van der Waals surface area (Å²) in [5, 5.41) is 3.38. The van der Waals surface area contributed by atoms with Crippen LogP contribution in [0.2, 0.25) is 0 Å². The lowest BCUT2D eigenvalue weighted by Crippen LogP contribution is -2.65. The lowest BCUT2D eigenvalue weighted by Gasteiger charge is -2.54. The van der Waals surface area contributed by atoms with Gasteiger partial charge in [0, 0.05) is 50.7 Å². The third kappa shape index (κ3) is 6.55. The molecule has 1 N–H and O–H groups in total. The largest absolute Gasteiger partial charge is 0.381 e. The summed E-state index contributed by atoms with van der Waals surface area (Å²) in [6.07, 6.45) is 19.1. The number of hydrogen-bond donors (Lipinski definition) is 1. The number of nitrogens with one attached hydrogen (secondary N) is 1. The standard InChI is InChI=1S/C30H49N3O2/c1-35-27-17-15-26(16-18-27)31-30(34)33-20-6-5-19-32-21-28(29(32)22-33)25-13-11-24(12-14-25)10-9-23-7-3-2-4-8-23/h23-29H,2-8,11-22H2,1H3,(H,31,34)/t24?,25?,26?,27?,28-,29+/m1/s1. The number of carbonyl (C=O) groups is 1. The number of amides is 2. The molecule has 0 bridgehead atoms. The predicted molar refractivity (Wildman–Crippen MR) is 141 cm³/mol. The molecular formula is C30H49N3O2. The van der Waals surface area contributed by atoms with Crippen LogP contribution in [0.15, 0.2) is 0 Å². The van der Waals surface area contributed by atoms with E-state index < -0.39 is 0 Å². The Balaban J connectivity index is 1.10. The van der Waals surface area contributed by atoms with Crippen LogP contribution in [-0.2, 0) is 4.74 Å². The summed E-state index contributed by atoms with van der Waals surface area (Å²) in [5.74, 6) is 10.3. The molecule has 2 aliphatic heterocycles. The zero-order valence-corrected chi connectivity index (χ0v) is 22.2. The van der Waals surface area contributed by atoms with Crippen molar-refractivity contribution in [3.8, 4) is 11.8 Å². The second-order valence-corrected chi connectivity index (χ2v) is 12.3. The smallest absolute Gasteiger partial charge is 0.317 e. The molecule has 35 heavy (non-hydrogen) atoms. The van der Waals surface area contributed by atoms with E-state index in [0.29, 0.717) is 30.0 Å². The molecule has 5 rings (SSSR count). The molecule has 5 nitrogen and oxygen atoms in total. The van der Waals surface area contributed by atoms with E-state index >= 15 is 0 Å². The number of nitrogens with zero attached hydrogens (tertiary/aromatic N) is 2. The molecule has 196 valence electrons. The number of urea groups is 1. The fraction of sp³-hybridized carbons (Fsp3) is 0.900. The highest BCUT2D eigenvalue weighted by atomic mass is 16.5. The Morgan fingerprint density at radius 1 is 0.771 bits per heavy atom. The van der Waals surface area contributed by atoms with Gasteiger partial charge in [0.2, 0.25) is 0 Å². The minimum atomic E-state index is 0.181. The first-order chi connectivity index (χ1) is 17.2. The van der Waals surface area contributed by atoms with Crippen molar-refractivity contribution >= 4 is 6.03 Å². The number of carbonyl (C=O) groups excluding carboxylic acids is 1. The number of fused-ring (bicyclic) bond motifs is 1. The lowest BCUT2D eigenvalue weighted by atomic mass is 9.69. The summed E-state index contributed by atoms with van der Waals surface area (Å²) in [4.78, 5) is 18.1. The van der Waals surface area contributed by atoms with Gasteiger partial charge in [0.05, 0.1) is 6.10 Å². The van der Waals surface area contributed by atoms with Crippen molar-refractivity contribution < 1.29 is 9.53 Å². The van der Waals surface area contributed by atoms with Gasteiger partial charge in [0.1, 0.15) is 0 Å². The molecule has 0 aromatic heterocycles. The van der Waals surface area contributed by atoms with Crippen LogP contribution >= 0.6 is 0 Å². The first-order valence-corrected chi connectivity index (χ1v) is 15.0. The zero-order valence-electron chi connectivity index (χ0n) is 22.2. The van der Waals surface area contributed by atoms with E-state index in [4.69, 9.17) is 4.74 Å². The second kappa shape index (κ2) is 12.3. The SMILES string of the molecule is COC1CCC(NC(=O)N2CCCCN3C[C@H](C4CCC(C#CC5CCCCC5)CC4)[C@@H]3C2)CC1. The van der Waals surface area contributed by atoms with Crippen molar-refractivity contribution in [1.29, 1.82) is 0 Å². The third-order valence-electron chi connectivity index (χ3n) is 10.0. The van der Waals surface area contributed by atoms with E-state index in [9.17, 15) is 4.79 Å². The molecule has 0 unspecified atom stereocenters. The summed E-state index contributed by atoms with van der Waals surface area (Å²) >= 11 is 0. The third-order valence-corrected chi connectivity index (χ3v) is 10.0. The van der Waals surface area contributed by atoms with Crippen molar-refractivity contribution in [2.24, 2.45) is 23.7 Å². The highest BCUT2D eigenvalue weighted by molar-refractivity contribution is 5.74. The molecule has 0 spiro atoms. The van der Waals surface area contributed by atoms with Gasteiger partial charge in [-0.25, -0.2) is 4.79 Å². The van der Waals surface area contributed by atoms with E-state index in [-0.39, 0.29) is 6.03 Å². The molecule has 2 heterocycles. The molecule has 0 radical (unpaired) electrons. The maximum atomic E-state index is 13.2. The minimum Gasteiger partial charge on any atom is -0.381 e. The van der Waals surface area contributed by atoms with Crippen LogP contribution in [-0.4, -0.2) is 67.3 Å². The summed E-state index contributed by atoms with van der Waals surface area (Å²) < 4.78 is 5.51. The minimum absolute atomic E-state index is 0.181. The first kappa shape index (κ1) is 25.4. The van der Waals surface area contributed by atoms with E-state index in [2.05, 4.69) is 27.0 Å². The summed E-state index contributed by atoms with van der Waals surface area (Å²) in [7, 11) is 1.81. The molecule has 2 saturated heterocycles. The zero-order chi connectivity index (χ0) is 24.0. The Bertz CT molecular complexity index is 738. The number of rotatable bonds is 3. The van der Waals surface area contributed by atoms with Gasteiger partial charge in [0.25, 0.3) is 0 Å². The topological polar surface area (TPSA) is 44.8 Å². The Hall–Kier alpha value is -1.25. The molecular weight excluding hydrogens is 434 g/mol. The molecule has 5 fully saturated rings. The molecule has 0 aromatic rings. The molecule has 3 saturated carbocycles. The average molecular weight is 484 g/mol. The van der Waals surface area contributed by atoms with Gasteiger partial charge in [-0.3, -0.25) is 4.90 Å². The predicted octanol–water partition coefficient (Wildman–Crippen LogP) is 5.44. The van der Waals surface area contributed by atoms with Gasteiger partial charge < -0.3 is 15.0 Å². The second-order valence-electron chi connectivity index (χ2n) is 12.3. The molecule has 5 aliphatic rings. The summed E-state index contributed by atoms with van der Waals surface area (Å²) in [5.41, 5.74) is 0. The highest BCUT2D eigenvalue weighted by Crippen LogP contribution is 2.41. The first-order valence-electron chi connectivity index (χ1n) is 15.0. The van der Waals surface area contributed by atoms with Crippen LogP contribution in [0.25, 0.3) is 0 Å². The van der Waals surface area contributed by atoms with E-state index in [0.717, 1.165) is 57.0 Å². The Morgan fingerprint density at radius 2 is 1.46 bits per heavy atom. The van der Waals surface area contributed by atoms with Gasteiger partial charge in [0.15, 0.2) is 0 Å². The molecule has 2 atom stereocenters. The maximum absolute atomic E-state index is 13.2. The van der Waals surface area contributed by atoms with E-state index in [1.165, 1.54) is 77.3 Å². The van der Waals surface area contributed by atoms with Crippen molar-refractivity contribution in [3.63, 3.8) is 0 Å². The number of ether oxygens (including phenoxy) is 1. The summed E-state index contributed by atoms with van der Waals surface area (Å²) in [6, 6.07) is 1.07. The van der Waals surface area contributed by atoms with Crippen LogP contribution in [0.1, 0.15) is 96.3 Å². The normalized spacial score (nSPS) is 37.1. The van der Waals surface area contributed by atoms with E-state index in [1.807, 2.05) is 7.11 Å². The van der Waals surface area contributed by atoms with Gasteiger partial charge >= 0.3 is 6.03 Å². The quantitative estimate of drug-likeness (QED) is 0.544. The Labute approximate surface area is 214 Å². The van der Waals surface area contributed by atoms with Crippen molar-refractivity contribution in [2.75, 3.05) is 33.3 Å². The lowest BCUT2D eigenvalue weighted by molar-refractivity contribution is -0.0493. The van der Waals surface area contributed by atoms with Crippen molar-refractivity contribution in [1.82, 2.24) is 15.1 Å². The van der Waals surface area contributed by atoms with Crippen molar-refractivity contribution in [3.05, 3.63) is 0 Å². The van der Waals surface area contributed by atoms with Gasteiger partial charge in [-0.2, -0.15) is 0 Å². The van der Waals surface area contributed by atoms with Gasteiger partial charge in [-0.15, -0.1) is 0 Å². The van der Waals surface area contributed by atoms with Crippen molar-refractivity contribution in [2.45, 2.75) is 114 Å². The summed E-state index contributed by atoms with van der Waals surface area (Å²) in [6.45, 7) is 4.31. The Morgan fingerprint density at radius 3 is 2.17 bits per heavy atom. The maximum Gasteiger partial charge on any atom is 0.317 e. The average Bonchev–Trinajstić information content (AvgIpc) is 2.88. The van der Waals surface area contributed by atoms with Gasteiger partial charge in [-0.1, -0.05) is 31.1 Å². The van der Waals surface area contributed by atoms with Crippen LogP contribution < -0.4 is 5.32 Å². The monoisotopic (exact) mass is 483 g/mol. The molecule has 5 heteroatoms. The fourth-order valence-electron chi connectivity index (χ4n) is 7.63. The van der Waals surface area contributed by atoms with E-state index in [1.54, 1.807) is 0 Å². The number of hydrogen-bond acceptors (Lipinski definition) is 3. The number of methoxy groups -OCH3 is 1. The molecule has 0 aromatic carbocycles. The molecule has 2 amide bonds. The van der Waals surface area contributed by atoms with Crippen LogP contribution in [0.4, 0.5) is 4.79 Å². The van der Waals surface area contributed by atoms with Crippen LogP contribution in [0.5, 0.6) is 0 Å². The fourth-order valence-corrected chi connectivity index (χ4v) is 7.63. The van der Waals surface area contributed by atoms with Crippen LogP contribution in [0, 0.1) is 35.5 Å². The van der Waals surface area contributed by atoms with Crippen LogP contribution in [0.3, 0.4) is 0 Å². The van der Waals surface area contributed by atoms with Gasteiger partial charge in [-0.05, 0) is 95.4 Å². The highest BCUT2D eigenvalue weighted by Gasteiger charge is 2.45. The molecule has 3 aliphatic carbocycles. The Kier molecular flexibility index (Phi) is 8.95.